The van der Waals surface area contributed by atoms with Crippen molar-refractivity contribution in [1.82, 2.24) is 0 Å². The largest absolute Gasteiger partial charge is 0.412 e. The van der Waals surface area contributed by atoms with Gasteiger partial charge in [0, 0.05) is 41.4 Å². The van der Waals surface area contributed by atoms with Crippen LogP contribution in [0.25, 0.3) is 0 Å². The van der Waals surface area contributed by atoms with Crippen LogP contribution in [0, 0.1) is 0 Å². The smallest absolute Gasteiger partial charge is 0.275 e. The van der Waals surface area contributed by atoms with Crippen LogP contribution in [-0.4, -0.2) is 50.2 Å². The van der Waals surface area contributed by atoms with E-state index in [1.165, 1.54) is 77.0 Å². The number of unbranched alkanes of at least 4 members (excludes halogenated alkanes) is 14. The summed E-state index contributed by atoms with van der Waals surface area (Å²) in [5.41, 5.74) is 0. The van der Waals surface area contributed by atoms with Crippen molar-refractivity contribution in [1.29, 1.82) is 0 Å². The molecule has 0 amide bonds. The summed E-state index contributed by atoms with van der Waals surface area (Å²) >= 11 is 0. The van der Waals surface area contributed by atoms with E-state index in [0.717, 1.165) is 25.7 Å². The molecule has 0 aliphatic heterocycles. The van der Waals surface area contributed by atoms with E-state index in [-0.39, 0.29) is 33.6 Å². The second kappa shape index (κ2) is 37.8. The minimum Gasteiger partial charge on any atom is -0.412 e. The van der Waals surface area contributed by atoms with Gasteiger partial charge in [-0.25, -0.2) is 0 Å². The molecule has 7 N–H and O–H groups in total. The third-order valence-electron chi connectivity index (χ3n) is 4.64. The number of aliphatic hydroxyl groups is 5. The van der Waals surface area contributed by atoms with E-state index in [4.69, 9.17) is 25.5 Å². The van der Waals surface area contributed by atoms with Crippen LogP contribution in [0.1, 0.15) is 136 Å². The Kier molecular flexibility index (Phi) is 50.8. The molecule has 7 heteroatoms. The second-order valence-electron chi connectivity index (χ2n) is 7.92. The SMILES string of the molecule is CCCCCCCC(O)(O)O.CCCCCCCCO.CCCCCCCCO.O.[Ti]. The van der Waals surface area contributed by atoms with Crippen LogP contribution in [0.15, 0.2) is 0 Å². The minimum atomic E-state index is -2.45. The Balaban J connectivity index is -0.000000106. The van der Waals surface area contributed by atoms with Crippen molar-refractivity contribution in [3.8, 4) is 0 Å². The van der Waals surface area contributed by atoms with Gasteiger partial charge in [0.25, 0.3) is 5.97 Å². The third-order valence-corrected chi connectivity index (χ3v) is 4.64. The quantitative estimate of drug-likeness (QED) is 0.107. The fourth-order valence-electron chi connectivity index (χ4n) is 2.75. The molecule has 6 nitrogen and oxygen atoms in total. The van der Waals surface area contributed by atoms with E-state index in [1.54, 1.807) is 0 Å². The summed E-state index contributed by atoms with van der Waals surface area (Å²) in [6.45, 7) is 7.28. The van der Waals surface area contributed by atoms with Crippen LogP contribution in [0.5, 0.6) is 0 Å². The van der Waals surface area contributed by atoms with E-state index in [1.807, 2.05) is 0 Å². The Labute approximate surface area is 208 Å². The molecule has 0 saturated carbocycles. The van der Waals surface area contributed by atoms with Crippen LogP contribution in [0.4, 0.5) is 0 Å². The monoisotopic (exact) mass is 488 g/mol. The summed E-state index contributed by atoms with van der Waals surface area (Å²) in [5.74, 6) is -2.45. The van der Waals surface area contributed by atoms with Crippen LogP contribution in [0.2, 0.25) is 0 Å². The molecule has 0 aliphatic carbocycles. The molecule has 192 valence electrons. The van der Waals surface area contributed by atoms with Crippen LogP contribution in [-0.2, 0) is 21.7 Å². The Morgan fingerprint density at radius 1 is 0.452 bits per heavy atom. The van der Waals surface area contributed by atoms with Gasteiger partial charge in [0.05, 0.1) is 0 Å². The fraction of sp³-hybridized carbons (Fsp3) is 1.00. The summed E-state index contributed by atoms with van der Waals surface area (Å²) in [4.78, 5) is 0. The van der Waals surface area contributed by atoms with Gasteiger partial charge in [-0.1, -0.05) is 111 Å². The van der Waals surface area contributed by atoms with Gasteiger partial charge in [-0.2, -0.15) is 0 Å². The molecule has 0 aromatic rings. The molecule has 0 aromatic carbocycles. The molecule has 0 radical (unpaired) electrons. The first-order chi connectivity index (χ1) is 13.9. The van der Waals surface area contributed by atoms with E-state index in [0.29, 0.717) is 19.6 Å². The van der Waals surface area contributed by atoms with Gasteiger partial charge < -0.3 is 31.0 Å². The number of hydrogen-bond acceptors (Lipinski definition) is 5. The summed E-state index contributed by atoms with van der Waals surface area (Å²) < 4.78 is 0. The molecule has 0 spiro atoms. The standard InChI is InChI=1S/C8H18O3.2C8H18O.H2O.Ti/c1-2-3-4-5-6-7-8(9,10)11;2*1-2-3-4-5-6-7-8-9;;/h9-11H,2-7H2,1H3;2*9H,2-8H2,1H3;1H2;. The molecule has 0 bridgehead atoms. The number of rotatable bonds is 18. The number of aliphatic hydroxyl groups excluding tert-OH is 2. The predicted molar refractivity (Wildman–Crippen MR) is 127 cm³/mol. The summed E-state index contributed by atoms with van der Waals surface area (Å²) in [6.07, 6.45) is 20.1. The maximum absolute atomic E-state index is 8.49. The average Bonchev–Trinajstić information content (AvgIpc) is 2.68. The van der Waals surface area contributed by atoms with Crippen molar-refractivity contribution >= 4 is 0 Å². The van der Waals surface area contributed by atoms with Crippen molar-refractivity contribution in [3.05, 3.63) is 0 Å². The molecule has 31 heavy (non-hydrogen) atoms. The topological polar surface area (TPSA) is 133 Å². The summed E-state index contributed by atoms with van der Waals surface area (Å²) in [7, 11) is 0. The molecule has 0 saturated heterocycles. The van der Waals surface area contributed by atoms with Gasteiger partial charge in [-0.15, -0.1) is 0 Å². The molecule has 0 unspecified atom stereocenters. The first-order valence-electron chi connectivity index (χ1n) is 12.3. The van der Waals surface area contributed by atoms with Crippen LogP contribution in [0.3, 0.4) is 0 Å². The zero-order chi connectivity index (χ0) is 22.6. The molecule has 0 aliphatic rings. The molecular weight excluding hydrogens is 432 g/mol. The maximum atomic E-state index is 8.49. The average molecular weight is 489 g/mol. The Hall–Kier alpha value is 0.474. The van der Waals surface area contributed by atoms with Gasteiger partial charge in [0.2, 0.25) is 0 Å². The molecule has 0 heterocycles. The third kappa shape index (κ3) is 58.9. The summed E-state index contributed by atoms with van der Waals surface area (Å²) in [6, 6.07) is 0. The van der Waals surface area contributed by atoms with Crippen molar-refractivity contribution in [2.45, 2.75) is 142 Å². The normalized spacial score (nSPS) is 10.1. The first kappa shape index (κ1) is 41.7. The van der Waals surface area contributed by atoms with Gasteiger partial charge in [-0.05, 0) is 19.3 Å². The van der Waals surface area contributed by atoms with Gasteiger partial charge in [-0.3, -0.25) is 0 Å². The first-order valence-corrected chi connectivity index (χ1v) is 12.3. The van der Waals surface area contributed by atoms with Gasteiger partial charge >= 0.3 is 0 Å². The predicted octanol–water partition coefficient (Wildman–Crippen LogP) is 4.83. The molecule has 0 atom stereocenters. The molecule has 0 aromatic heterocycles. The van der Waals surface area contributed by atoms with E-state index < -0.39 is 5.97 Å². The van der Waals surface area contributed by atoms with E-state index >= 15 is 0 Å². The Bertz CT molecular complexity index is 237. The molecule has 0 rings (SSSR count). The van der Waals surface area contributed by atoms with Crippen molar-refractivity contribution in [2.24, 2.45) is 0 Å². The second-order valence-corrected chi connectivity index (χ2v) is 7.92. The fourth-order valence-corrected chi connectivity index (χ4v) is 2.75. The molecule has 0 fully saturated rings. The minimum absolute atomic E-state index is 0. The van der Waals surface area contributed by atoms with Crippen molar-refractivity contribution in [2.75, 3.05) is 13.2 Å². The molecular formula is C24H56O6Ti. The summed E-state index contributed by atoms with van der Waals surface area (Å²) in [5, 5.41) is 42.3. The maximum Gasteiger partial charge on any atom is 0.275 e. The van der Waals surface area contributed by atoms with Gasteiger partial charge in [0.1, 0.15) is 0 Å². The van der Waals surface area contributed by atoms with Crippen LogP contribution >= 0.6 is 0 Å². The number of hydrogen-bond donors (Lipinski definition) is 5. The van der Waals surface area contributed by atoms with E-state index in [9.17, 15) is 0 Å². The van der Waals surface area contributed by atoms with E-state index in [2.05, 4.69) is 20.8 Å². The van der Waals surface area contributed by atoms with Crippen LogP contribution < -0.4 is 0 Å². The zero-order valence-corrected chi connectivity index (χ0v) is 22.4. The van der Waals surface area contributed by atoms with Gasteiger partial charge in [0.15, 0.2) is 0 Å². The van der Waals surface area contributed by atoms with Crippen molar-refractivity contribution < 1.29 is 52.7 Å². The Morgan fingerprint density at radius 2 is 0.710 bits per heavy atom. The Morgan fingerprint density at radius 3 is 0.968 bits per heavy atom. The zero-order valence-electron chi connectivity index (χ0n) is 20.9. The van der Waals surface area contributed by atoms with Crippen molar-refractivity contribution in [3.63, 3.8) is 0 Å².